The Morgan fingerprint density at radius 2 is 2.10 bits per heavy atom. The van der Waals surface area contributed by atoms with Crippen molar-refractivity contribution in [2.75, 3.05) is 13.1 Å². The van der Waals surface area contributed by atoms with Crippen molar-refractivity contribution in [3.63, 3.8) is 0 Å². The Labute approximate surface area is 127 Å². The highest BCUT2D eigenvalue weighted by Gasteiger charge is 2.47. The largest absolute Gasteiger partial charge is 0.474 e. The first-order valence-corrected chi connectivity index (χ1v) is 6.88. The van der Waals surface area contributed by atoms with E-state index in [2.05, 4.69) is 10.3 Å². The third-order valence-electron chi connectivity index (χ3n) is 4.24. The Balaban J connectivity index is 0.00000161. The second-order valence-electron chi connectivity index (χ2n) is 5.78. The van der Waals surface area contributed by atoms with E-state index in [0.717, 1.165) is 44.8 Å². The standard InChI is InChI=1S/C14H17F3N2O.ClH/c15-14(16,17)11-3-1-6-19-12(11)20-10-7-13(8-10)4-2-5-18-9-13;/h1,3,6,10,18H,2,4-5,7-9H2;1H. The second kappa shape index (κ2) is 6.01. The quantitative estimate of drug-likeness (QED) is 0.905. The molecule has 2 heterocycles. The summed E-state index contributed by atoms with van der Waals surface area (Å²) in [6.07, 6.45) is 0.657. The minimum absolute atomic E-state index is 0. The number of rotatable bonds is 2. The van der Waals surface area contributed by atoms with E-state index < -0.39 is 11.7 Å². The molecule has 1 aromatic rings. The van der Waals surface area contributed by atoms with E-state index in [0.29, 0.717) is 0 Å². The Hall–Kier alpha value is -1.01. The Morgan fingerprint density at radius 1 is 1.33 bits per heavy atom. The molecule has 0 atom stereocenters. The molecule has 2 fully saturated rings. The lowest BCUT2D eigenvalue weighted by atomic mass is 9.63. The van der Waals surface area contributed by atoms with Crippen LogP contribution in [0.2, 0.25) is 0 Å². The van der Waals surface area contributed by atoms with Gasteiger partial charge in [-0.1, -0.05) is 0 Å². The molecular formula is C14H18ClF3N2O. The van der Waals surface area contributed by atoms with Crippen molar-refractivity contribution in [2.45, 2.75) is 38.0 Å². The van der Waals surface area contributed by atoms with Crippen molar-refractivity contribution < 1.29 is 17.9 Å². The van der Waals surface area contributed by atoms with Crippen LogP contribution in [0.3, 0.4) is 0 Å². The molecule has 1 spiro atoms. The van der Waals surface area contributed by atoms with E-state index in [1.807, 2.05) is 0 Å². The third-order valence-corrected chi connectivity index (χ3v) is 4.24. The molecule has 1 saturated heterocycles. The van der Waals surface area contributed by atoms with Gasteiger partial charge in [-0.05, 0) is 49.8 Å². The highest BCUT2D eigenvalue weighted by molar-refractivity contribution is 5.85. The molecule has 1 aliphatic carbocycles. The minimum Gasteiger partial charge on any atom is -0.474 e. The maximum absolute atomic E-state index is 12.8. The molecular weight excluding hydrogens is 305 g/mol. The fraction of sp³-hybridized carbons (Fsp3) is 0.643. The summed E-state index contributed by atoms with van der Waals surface area (Å²) in [5.41, 5.74) is -0.557. The molecule has 21 heavy (non-hydrogen) atoms. The van der Waals surface area contributed by atoms with E-state index in [4.69, 9.17) is 4.74 Å². The molecule has 0 bridgehead atoms. The van der Waals surface area contributed by atoms with Crippen molar-refractivity contribution in [3.8, 4) is 5.88 Å². The summed E-state index contributed by atoms with van der Waals surface area (Å²) in [6, 6.07) is 2.29. The van der Waals surface area contributed by atoms with Crippen LogP contribution in [0, 0.1) is 5.41 Å². The number of nitrogens with one attached hydrogen (secondary N) is 1. The van der Waals surface area contributed by atoms with Gasteiger partial charge in [0.15, 0.2) is 0 Å². The number of nitrogens with zero attached hydrogens (tertiary/aromatic N) is 1. The summed E-state index contributed by atoms with van der Waals surface area (Å²) < 4.78 is 44.0. The van der Waals surface area contributed by atoms with Gasteiger partial charge in [-0.15, -0.1) is 12.4 Å². The van der Waals surface area contributed by atoms with Crippen LogP contribution in [0.4, 0.5) is 13.2 Å². The molecule has 1 N–H and O–H groups in total. The summed E-state index contributed by atoms with van der Waals surface area (Å²) >= 11 is 0. The average Bonchev–Trinajstić information content (AvgIpc) is 2.37. The summed E-state index contributed by atoms with van der Waals surface area (Å²) in [7, 11) is 0. The Kier molecular flexibility index (Phi) is 4.68. The summed E-state index contributed by atoms with van der Waals surface area (Å²) in [5.74, 6) is -0.288. The number of hydrogen-bond acceptors (Lipinski definition) is 3. The number of halogens is 4. The Bertz CT molecular complexity index is 481. The zero-order valence-electron chi connectivity index (χ0n) is 11.4. The van der Waals surface area contributed by atoms with Crippen LogP contribution in [0.1, 0.15) is 31.2 Å². The number of pyridine rings is 1. The predicted octanol–water partition coefficient (Wildman–Crippen LogP) is 3.43. The number of hydrogen-bond donors (Lipinski definition) is 1. The second-order valence-corrected chi connectivity index (χ2v) is 5.78. The number of aromatic nitrogens is 1. The Morgan fingerprint density at radius 3 is 2.71 bits per heavy atom. The molecule has 0 radical (unpaired) electrons. The monoisotopic (exact) mass is 322 g/mol. The molecule has 0 amide bonds. The fourth-order valence-electron chi connectivity index (χ4n) is 3.23. The molecule has 1 aromatic heterocycles. The predicted molar refractivity (Wildman–Crippen MR) is 74.7 cm³/mol. The van der Waals surface area contributed by atoms with E-state index in [-0.39, 0.29) is 29.8 Å². The summed E-state index contributed by atoms with van der Waals surface area (Å²) in [6.45, 7) is 1.98. The van der Waals surface area contributed by atoms with Crippen molar-refractivity contribution in [2.24, 2.45) is 5.41 Å². The molecule has 3 rings (SSSR count). The van der Waals surface area contributed by atoms with Gasteiger partial charge in [0, 0.05) is 12.7 Å². The van der Waals surface area contributed by atoms with Crippen LogP contribution in [0.5, 0.6) is 5.88 Å². The SMILES string of the molecule is Cl.FC(F)(F)c1cccnc1OC1CC2(CCCNC2)C1. The van der Waals surface area contributed by atoms with Gasteiger partial charge in [-0.2, -0.15) is 13.2 Å². The van der Waals surface area contributed by atoms with Gasteiger partial charge < -0.3 is 10.1 Å². The van der Waals surface area contributed by atoms with Gasteiger partial charge >= 0.3 is 6.18 Å². The number of ether oxygens (including phenoxy) is 1. The highest BCUT2D eigenvalue weighted by atomic mass is 35.5. The minimum atomic E-state index is -4.42. The van der Waals surface area contributed by atoms with Crippen LogP contribution in [-0.2, 0) is 6.18 Å². The van der Waals surface area contributed by atoms with E-state index >= 15 is 0 Å². The molecule has 2 aliphatic rings. The van der Waals surface area contributed by atoms with Gasteiger partial charge in [0.25, 0.3) is 0 Å². The van der Waals surface area contributed by atoms with E-state index in [1.54, 1.807) is 0 Å². The van der Waals surface area contributed by atoms with Crippen LogP contribution < -0.4 is 10.1 Å². The lowest BCUT2D eigenvalue weighted by Gasteiger charge is -2.49. The normalized spacial score (nSPS) is 28.6. The van der Waals surface area contributed by atoms with Crippen LogP contribution >= 0.6 is 12.4 Å². The summed E-state index contributed by atoms with van der Waals surface area (Å²) in [5, 5.41) is 3.35. The van der Waals surface area contributed by atoms with E-state index in [1.165, 1.54) is 12.3 Å². The van der Waals surface area contributed by atoms with Gasteiger partial charge in [-0.3, -0.25) is 0 Å². The zero-order chi connectivity index (χ0) is 14.2. The van der Waals surface area contributed by atoms with Crippen molar-refractivity contribution in [1.29, 1.82) is 0 Å². The average molecular weight is 323 g/mol. The van der Waals surface area contributed by atoms with Crippen LogP contribution in [0.15, 0.2) is 18.3 Å². The van der Waals surface area contributed by atoms with E-state index in [9.17, 15) is 13.2 Å². The van der Waals surface area contributed by atoms with Crippen LogP contribution in [-0.4, -0.2) is 24.2 Å². The lowest BCUT2D eigenvalue weighted by molar-refractivity contribution is -0.140. The molecule has 0 unspecified atom stereocenters. The van der Waals surface area contributed by atoms with Crippen molar-refractivity contribution in [1.82, 2.24) is 10.3 Å². The maximum Gasteiger partial charge on any atom is 0.421 e. The third kappa shape index (κ3) is 3.43. The first kappa shape index (κ1) is 16.4. The molecule has 7 heteroatoms. The molecule has 3 nitrogen and oxygen atoms in total. The van der Waals surface area contributed by atoms with Crippen molar-refractivity contribution >= 4 is 12.4 Å². The van der Waals surface area contributed by atoms with Crippen LogP contribution in [0.25, 0.3) is 0 Å². The number of piperidine rings is 1. The molecule has 1 saturated carbocycles. The van der Waals surface area contributed by atoms with Gasteiger partial charge in [0.1, 0.15) is 11.7 Å². The first-order chi connectivity index (χ1) is 9.49. The number of alkyl halides is 3. The topological polar surface area (TPSA) is 34.1 Å². The maximum atomic E-state index is 12.8. The smallest absolute Gasteiger partial charge is 0.421 e. The molecule has 118 valence electrons. The molecule has 1 aliphatic heterocycles. The fourth-order valence-corrected chi connectivity index (χ4v) is 3.23. The lowest BCUT2D eigenvalue weighted by Crippen LogP contribution is -2.52. The zero-order valence-corrected chi connectivity index (χ0v) is 12.3. The van der Waals surface area contributed by atoms with Gasteiger partial charge in [0.2, 0.25) is 5.88 Å². The van der Waals surface area contributed by atoms with Gasteiger partial charge in [0.05, 0.1) is 0 Å². The van der Waals surface area contributed by atoms with Gasteiger partial charge in [-0.25, -0.2) is 4.98 Å². The first-order valence-electron chi connectivity index (χ1n) is 6.88. The molecule has 0 aromatic carbocycles. The highest BCUT2D eigenvalue weighted by Crippen LogP contribution is 2.48. The van der Waals surface area contributed by atoms with Crippen molar-refractivity contribution in [3.05, 3.63) is 23.9 Å². The summed E-state index contributed by atoms with van der Waals surface area (Å²) in [4.78, 5) is 3.74.